The second kappa shape index (κ2) is 5.71. The fourth-order valence-electron chi connectivity index (χ4n) is 2.12. The van der Waals surface area contributed by atoms with E-state index in [2.05, 4.69) is 25.9 Å². The van der Waals surface area contributed by atoms with Gasteiger partial charge in [-0.2, -0.15) is 0 Å². The van der Waals surface area contributed by atoms with Crippen LogP contribution in [0.3, 0.4) is 0 Å². The van der Waals surface area contributed by atoms with Crippen LogP contribution in [0, 0.1) is 0 Å². The number of aromatic nitrogens is 2. The van der Waals surface area contributed by atoms with E-state index >= 15 is 0 Å². The Morgan fingerprint density at radius 3 is 2.65 bits per heavy atom. The Bertz CT molecular complexity index is 614. The van der Waals surface area contributed by atoms with Crippen LogP contribution in [-0.4, -0.2) is 26.8 Å². The summed E-state index contributed by atoms with van der Waals surface area (Å²) >= 11 is 3.40. The third-order valence-electron chi connectivity index (χ3n) is 3.31. The summed E-state index contributed by atoms with van der Waals surface area (Å²) < 4.78 is 0.741. The van der Waals surface area contributed by atoms with Crippen LogP contribution in [0.15, 0.2) is 47.3 Å². The highest BCUT2D eigenvalue weighted by molar-refractivity contribution is 9.10. The Labute approximate surface area is 126 Å². The first-order chi connectivity index (χ1) is 9.75. The average Bonchev–Trinajstić information content (AvgIpc) is 3.30. The number of halogens is 1. The summed E-state index contributed by atoms with van der Waals surface area (Å²) in [5.74, 6) is -0.0169. The van der Waals surface area contributed by atoms with Crippen LogP contribution in [0.5, 0.6) is 0 Å². The zero-order valence-electron chi connectivity index (χ0n) is 10.9. The van der Waals surface area contributed by atoms with Gasteiger partial charge in [-0.25, -0.2) is 4.98 Å². The molecule has 102 valence electrons. The standard InChI is InChI=1S/C15H14BrN3O/c16-13-2-1-7-18-14(13)15(20)19(12-3-4-12)10-11-5-8-17-9-6-11/h1-2,5-9,12H,3-4,10H2. The first-order valence-electron chi connectivity index (χ1n) is 6.56. The molecule has 0 spiro atoms. The molecule has 1 amide bonds. The van der Waals surface area contributed by atoms with E-state index in [1.54, 1.807) is 18.6 Å². The molecule has 0 atom stereocenters. The lowest BCUT2D eigenvalue weighted by Gasteiger charge is -2.22. The third-order valence-corrected chi connectivity index (χ3v) is 3.95. The molecule has 0 N–H and O–H groups in total. The zero-order chi connectivity index (χ0) is 13.9. The summed E-state index contributed by atoms with van der Waals surface area (Å²) in [6.07, 6.45) is 7.29. The van der Waals surface area contributed by atoms with Gasteiger partial charge in [0.15, 0.2) is 0 Å². The minimum Gasteiger partial charge on any atom is -0.330 e. The van der Waals surface area contributed by atoms with Crippen LogP contribution in [0.4, 0.5) is 0 Å². The van der Waals surface area contributed by atoms with Gasteiger partial charge in [-0.3, -0.25) is 9.78 Å². The van der Waals surface area contributed by atoms with Crippen LogP contribution >= 0.6 is 15.9 Å². The molecule has 2 heterocycles. The Hall–Kier alpha value is -1.75. The van der Waals surface area contributed by atoms with Crippen LogP contribution in [0.2, 0.25) is 0 Å². The summed E-state index contributed by atoms with van der Waals surface area (Å²) in [5, 5.41) is 0. The van der Waals surface area contributed by atoms with Gasteiger partial charge in [0, 0.05) is 35.6 Å². The fraction of sp³-hybridized carbons (Fsp3) is 0.267. The maximum atomic E-state index is 12.7. The molecular formula is C15H14BrN3O. The average molecular weight is 332 g/mol. The van der Waals surface area contributed by atoms with Crippen molar-refractivity contribution in [1.29, 1.82) is 0 Å². The number of hydrogen-bond acceptors (Lipinski definition) is 3. The maximum Gasteiger partial charge on any atom is 0.274 e. The Morgan fingerprint density at radius 1 is 1.25 bits per heavy atom. The van der Waals surface area contributed by atoms with Gasteiger partial charge in [-0.05, 0) is 58.6 Å². The lowest BCUT2D eigenvalue weighted by molar-refractivity contribution is 0.0723. The maximum absolute atomic E-state index is 12.7. The largest absolute Gasteiger partial charge is 0.330 e. The SMILES string of the molecule is O=C(c1ncccc1Br)N(Cc1ccncc1)C1CC1. The summed E-state index contributed by atoms with van der Waals surface area (Å²) in [5.41, 5.74) is 1.57. The Balaban J connectivity index is 1.84. The highest BCUT2D eigenvalue weighted by atomic mass is 79.9. The predicted octanol–water partition coefficient (Wildman–Crippen LogP) is 3.04. The molecule has 1 aliphatic carbocycles. The van der Waals surface area contributed by atoms with Crippen molar-refractivity contribution in [1.82, 2.24) is 14.9 Å². The Morgan fingerprint density at radius 2 is 2.00 bits per heavy atom. The molecule has 0 aromatic carbocycles. The monoisotopic (exact) mass is 331 g/mol. The fourth-order valence-corrected chi connectivity index (χ4v) is 2.54. The van der Waals surface area contributed by atoms with Crippen LogP contribution in [-0.2, 0) is 6.54 Å². The van der Waals surface area contributed by atoms with Gasteiger partial charge in [0.2, 0.25) is 0 Å². The van der Waals surface area contributed by atoms with Gasteiger partial charge in [0.1, 0.15) is 5.69 Å². The topological polar surface area (TPSA) is 46.1 Å². The van der Waals surface area contributed by atoms with Gasteiger partial charge >= 0.3 is 0 Å². The predicted molar refractivity (Wildman–Crippen MR) is 79.1 cm³/mol. The number of carbonyl (C=O) groups excluding carboxylic acids is 1. The van der Waals surface area contributed by atoms with Crippen LogP contribution in [0.1, 0.15) is 28.9 Å². The van der Waals surface area contributed by atoms with Crippen molar-refractivity contribution in [3.63, 3.8) is 0 Å². The molecule has 0 aliphatic heterocycles. The molecule has 4 nitrogen and oxygen atoms in total. The molecule has 1 fully saturated rings. The minimum absolute atomic E-state index is 0.0169. The minimum atomic E-state index is -0.0169. The molecule has 0 bridgehead atoms. The van der Waals surface area contributed by atoms with E-state index < -0.39 is 0 Å². The van der Waals surface area contributed by atoms with E-state index in [9.17, 15) is 4.79 Å². The zero-order valence-corrected chi connectivity index (χ0v) is 12.5. The second-order valence-electron chi connectivity index (χ2n) is 4.85. The number of nitrogens with zero attached hydrogens (tertiary/aromatic N) is 3. The lowest BCUT2D eigenvalue weighted by Crippen LogP contribution is -2.33. The van der Waals surface area contributed by atoms with Crippen molar-refractivity contribution in [2.45, 2.75) is 25.4 Å². The molecule has 20 heavy (non-hydrogen) atoms. The van der Waals surface area contributed by atoms with Crippen molar-refractivity contribution >= 4 is 21.8 Å². The van der Waals surface area contributed by atoms with Crippen molar-refractivity contribution in [3.05, 3.63) is 58.6 Å². The van der Waals surface area contributed by atoms with E-state index in [1.165, 1.54) is 0 Å². The smallest absolute Gasteiger partial charge is 0.274 e. The number of rotatable bonds is 4. The first-order valence-corrected chi connectivity index (χ1v) is 7.35. The number of carbonyl (C=O) groups is 1. The number of hydrogen-bond donors (Lipinski definition) is 0. The van der Waals surface area contributed by atoms with Crippen molar-refractivity contribution in [2.75, 3.05) is 0 Å². The summed E-state index contributed by atoms with van der Waals surface area (Å²) in [6.45, 7) is 0.606. The van der Waals surface area contributed by atoms with Gasteiger partial charge in [0.05, 0.1) is 0 Å². The third kappa shape index (κ3) is 2.88. The van der Waals surface area contributed by atoms with E-state index in [0.717, 1.165) is 22.9 Å². The molecule has 0 saturated heterocycles. The van der Waals surface area contributed by atoms with Crippen molar-refractivity contribution < 1.29 is 4.79 Å². The van der Waals surface area contributed by atoms with Crippen molar-refractivity contribution in [2.24, 2.45) is 0 Å². The molecule has 3 rings (SSSR count). The number of pyridine rings is 2. The van der Waals surface area contributed by atoms with Crippen LogP contribution < -0.4 is 0 Å². The summed E-state index contributed by atoms with van der Waals surface area (Å²) in [4.78, 5) is 22.8. The van der Waals surface area contributed by atoms with Gasteiger partial charge in [-0.1, -0.05) is 0 Å². The highest BCUT2D eigenvalue weighted by Crippen LogP contribution is 2.30. The molecule has 0 radical (unpaired) electrons. The molecule has 2 aromatic heterocycles. The highest BCUT2D eigenvalue weighted by Gasteiger charge is 2.34. The summed E-state index contributed by atoms with van der Waals surface area (Å²) in [6, 6.07) is 7.87. The van der Waals surface area contributed by atoms with E-state index in [0.29, 0.717) is 18.3 Å². The molecule has 5 heteroatoms. The quantitative estimate of drug-likeness (QED) is 0.865. The van der Waals surface area contributed by atoms with Crippen LogP contribution in [0.25, 0.3) is 0 Å². The normalized spacial score (nSPS) is 14.1. The molecule has 1 saturated carbocycles. The van der Waals surface area contributed by atoms with E-state index in [1.807, 2.05) is 29.2 Å². The van der Waals surface area contributed by atoms with E-state index in [-0.39, 0.29) is 5.91 Å². The molecular weight excluding hydrogens is 318 g/mol. The van der Waals surface area contributed by atoms with E-state index in [4.69, 9.17) is 0 Å². The van der Waals surface area contributed by atoms with Gasteiger partial charge < -0.3 is 4.90 Å². The Kier molecular flexibility index (Phi) is 3.78. The second-order valence-corrected chi connectivity index (χ2v) is 5.71. The summed E-state index contributed by atoms with van der Waals surface area (Å²) in [7, 11) is 0. The molecule has 0 unspecified atom stereocenters. The molecule has 1 aliphatic rings. The van der Waals surface area contributed by atoms with Gasteiger partial charge in [-0.15, -0.1) is 0 Å². The molecule has 2 aromatic rings. The number of amides is 1. The van der Waals surface area contributed by atoms with Crippen molar-refractivity contribution in [3.8, 4) is 0 Å². The van der Waals surface area contributed by atoms with Gasteiger partial charge in [0.25, 0.3) is 5.91 Å². The lowest BCUT2D eigenvalue weighted by atomic mass is 10.2. The first kappa shape index (κ1) is 13.2.